The minimum atomic E-state index is -0.129. The van der Waals surface area contributed by atoms with Crippen LogP contribution in [0, 0.1) is 5.92 Å². The first-order valence-corrected chi connectivity index (χ1v) is 11.2. The van der Waals surface area contributed by atoms with Crippen LogP contribution in [0.25, 0.3) is 10.9 Å². The van der Waals surface area contributed by atoms with Crippen LogP contribution in [0.15, 0.2) is 54.6 Å². The Kier molecular flexibility index (Phi) is 6.70. The first-order chi connectivity index (χ1) is 15.2. The Morgan fingerprint density at radius 3 is 2.45 bits per heavy atom. The maximum absolute atomic E-state index is 13.3. The fourth-order valence-corrected chi connectivity index (χ4v) is 4.49. The average Bonchev–Trinajstić information content (AvgIpc) is 3.20. The van der Waals surface area contributed by atoms with E-state index in [1.165, 1.54) is 0 Å². The largest absolute Gasteiger partial charge is 0.493 e. The molecule has 1 aliphatic rings. The molecule has 0 radical (unpaired) electrons. The number of hydrogen-bond donors (Lipinski definition) is 1. The van der Waals surface area contributed by atoms with E-state index in [4.69, 9.17) is 14.5 Å². The Labute approximate surface area is 183 Å². The molecule has 5 heteroatoms. The molecule has 4 rings (SSSR count). The van der Waals surface area contributed by atoms with E-state index in [-0.39, 0.29) is 11.9 Å². The van der Waals surface area contributed by atoms with Crippen LogP contribution in [-0.2, 0) is 6.42 Å². The number of hydrogen-bond acceptors (Lipinski definition) is 4. The van der Waals surface area contributed by atoms with Crippen LogP contribution in [0.4, 0.5) is 0 Å². The van der Waals surface area contributed by atoms with Gasteiger partial charge in [-0.2, -0.15) is 0 Å². The van der Waals surface area contributed by atoms with E-state index >= 15 is 0 Å². The van der Waals surface area contributed by atoms with Gasteiger partial charge in [0.1, 0.15) is 17.1 Å². The highest BCUT2D eigenvalue weighted by atomic mass is 16.5. The predicted molar refractivity (Wildman–Crippen MR) is 123 cm³/mol. The van der Waals surface area contributed by atoms with Gasteiger partial charge in [-0.15, -0.1) is 0 Å². The number of carbonyl (C=O) groups is 1. The molecule has 1 aromatic heterocycles. The second-order valence-corrected chi connectivity index (χ2v) is 7.97. The molecule has 1 heterocycles. The summed E-state index contributed by atoms with van der Waals surface area (Å²) in [5, 5.41) is 4.42. The summed E-state index contributed by atoms with van der Waals surface area (Å²) in [5.74, 6) is 1.37. The number of ether oxygens (including phenoxy) is 2. The minimum absolute atomic E-state index is 0.116. The standard InChI is InChI=1S/C26H30N2O3/c1-3-30-23-13-8-14-24(31-4-2)25(23)26(29)28-22-12-7-10-19(22)17-20-16-15-18-9-5-6-11-21(18)27-20/h5-6,8-9,11,13-16,19,22H,3-4,7,10,12,17H2,1-2H3,(H,28,29)/t19-,22+/m1/s1. The SMILES string of the molecule is CCOc1cccc(OCC)c1C(=O)N[C@H]1CCC[C@@H]1Cc1ccc2ccccc2n1. The summed E-state index contributed by atoms with van der Waals surface area (Å²) in [6.45, 7) is 4.82. The molecule has 0 bridgehead atoms. The first-order valence-electron chi connectivity index (χ1n) is 11.2. The van der Waals surface area contributed by atoms with Crippen molar-refractivity contribution in [1.29, 1.82) is 0 Å². The number of pyridine rings is 1. The average molecular weight is 419 g/mol. The monoisotopic (exact) mass is 418 g/mol. The molecular weight excluding hydrogens is 388 g/mol. The highest BCUT2D eigenvalue weighted by Gasteiger charge is 2.31. The molecule has 1 amide bonds. The van der Waals surface area contributed by atoms with Crippen molar-refractivity contribution in [2.75, 3.05) is 13.2 Å². The van der Waals surface area contributed by atoms with Gasteiger partial charge < -0.3 is 14.8 Å². The number of fused-ring (bicyclic) bond motifs is 1. The van der Waals surface area contributed by atoms with Crippen LogP contribution >= 0.6 is 0 Å². The van der Waals surface area contributed by atoms with E-state index in [1.807, 2.05) is 50.2 Å². The summed E-state index contributed by atoms with van der Waals surface area (Å²) in [4.78, 5) is 18.1. The zero-order valence-electron chi connectivity index (χ0n) is 18.3. The van der Waals surface area contributed by atoms with Crippen LogP contribution in [0.1, 0.15) is 49.2 Å². The second-order valence-electron chi connectivity index (χ2n) is 7.97. The van der Waals surface area contributed by atoms with Crippen LogP contribution in [0.2, 0.25) is 0 Å². The molecule has 1 fully saturated rings. The molecule has 3 aromatic rings. The number of carbonyl (C=O) groups excluding carboxylic acids is 1. The quantitative estimate of drug-likeness (QED) is 0.548. The van der Waals surface area contributed by atoms with Gasteiger partial charge in [-0.1, -0.05) is 36.8 Å². The van der Waals surface area contributed by atoms with Crippen molar-refractivity contribution in [1.82, 2.24) is 10.3 Å². The number of benzene rings is 2. The number of rotatable bonds is 8. The first kappa shape index (κ1) is 21.2. The minimum Gasteiger partial charge on any atom is -0.493 e. The molecule has 0 spiro atoms. The van der Waals surface area contributed by atoms with E-state index in [0.717, 1.165) is 42.3 Å². The van der Waals surface area contributed by atoms with Gasteiger partial charge in [0.2, 0.25) is 0 Å². The smallest absolute Gasteiger partial charge is 0.259 e. The lowest BCUT2D eigenvalue weighted by molar-refractivity contribution is 0.0919. The van der Waals surface area contributed by atoms with Gasteiger partial charge in [0.25, 0.3) is 5.91 Å². The van der Waals surface area contributed by atoms with Crippen LogP contribution in [-0.4, -0.2) is 30.1 Å². The van der Waals surface area contributed by atoms with Gasteiger partial charge in [-0.05, 0) is 63.3 Å². The van der Waals surface area contributed by atoms with E-state index in [9.17, 15) is 4.79 Å². The van der Waals surface area contributed by atoms with Gasteiger partial charge in [0.05, 0.1) is 18.7 Å². The molecule has 1 N–H and O–H groups in total. The Morgan fingerprint density at radius 1 is 0.968 bits per heavy atom. The Morgan fingerprint density at radius 2 is 1.71 bits per heavy atom. The molecule has 0 saturated heterocycles. The summed E-state index contributed by atoms with van der Waals surface area (Å²) in [6, 6.07) is 18.0. The van der Waals surface area contributed by atoms with Gasteiger partial charge in [-0.25, -0.2) is 0 Å². The topological polar surface area (TPSA) is 60.5 Å². The van der Waals surface area contributed by atoms with Crippen LogP contribution in [0.5, 0.6) is 11.5 Å². The molecule has 5 nitrogen and oxygen atoms in total. The predicted octanol–water partition coefficient (Wildman–Crippen LogP) is 5.17. The number of nitrogens with one attached hydrogen (secondary N) is 1. The van der Waals surface area contributed by atoms with E-state index in [0.29, 0.717) is 36.2 Å². The highest BCUT2D eigenvalue weighted by Crippen LogP contribution is 2.32. The van der Waals surface area contributed by atoms with E-state index in [2.05, 4.69) is 23.5 Å². The van der Waals surface area contributed by atoms with Crippen molar-refractivity contribution < 1.29 is 14.3 Å². The third-order valence-electron chi connectivity index (χ3n) is 5.92. The van der Waals surface area contributed by atoms with Crippen molar-refractivity contribution in [3.8, 4) is 11.5 Å². The maximum Gasteiger partial charge on any atom is 0.259 e. The molecule has 1 aliphatic carbocycles. The fourth-order valence-electron chi connectivity index (χ4n) is 4.49. The van der Waals surface area contributed by atoms with Crippen LogP contribution in [0.3, 0.4) is 0 Å². The van der Waals surface area contributed by atoms with Crippen molar-refractivity contribution >= 4 is 16.8 Å². The molecule has 2 atom stereocenters. The van der Waals surface area contributed by atoms with E-state index in [1.54, 1.807) is 0 Å². The number of aromatic nitrogens is 1. The summed E-state index contributed by atoms with van der Waals surface area (Å²) < 4.78 is 11.4. The third-order valence-corrected chi connectivity index (χ3v) is 5.92. The lowest BCUT2D eigenvalue weighted by Crippen LogP contribution is -2.38. The lowest BCUT2D eigenvalue weighted by Gasteiger charge is -2.22. The summed E-state index contributed by atoms with van der Waals surface area (Å²) in [7, 11) is 0. The molecule has 0 aliphatic heterocycles. The molecular formula is C26H30N2O3. The van der Waals surface area contributed by atoms with Crippen molar-refractivity contribution in [2.45, 2.75) is 45.6 Å². The number of nitrogens with zero attached hydrogens (tertiary/aromatic N) is 1. The number of amides is 1. The van der Waals surface area contributed by atoms with Gasteiger partial charge in [0, 0.05) is 17.1 Å². The molecule has 0 unspecified atom stereocenters. The fraction of sp³-hybridized carbons (Fsp3) is 0.385. The number of para-hydroxylation sites is 1. The van der Waals surface area contributed by atoms with Crippen molar-refractivity contribution in [3.05, 3.63) is 65.9 Å². The third kappa shape index (κ3) is 4.82. The highest BCUT2D eigenvalue weighted by molar-refractivity contribution is 6.00. The van der Waals surface area contributed by atoms with Gasteiger partial charge >= 0.3 is 0 Å². The normalized spacial score (nSPS) is 18.1. The zero-order valence-corrected chi connectivity index (χ0v) is 18.3. The van der Waals surface area contributed by atoms with Crippen LogP contribution < -0.4 is 14.8 Å². The lowest BCUT2D eigenvalue weighted by atomic mass is 9.96. The zero-order chi connectivity index (χ0) is 21.6. The molecule has 31 heavy (non-hydrogen) atoms. The Balaban J connectivity index is 1.51. The van der Waals surface area contributed by atoms with E-state index < -0.39 is 0 Å². The maximum atomic E-state index is 13.3. The Bertz CT molecular complexity index is 1030. The second kappa shape index (κ2) is 9.82. The van der Waals surface area contributed by atoms with Gasteiger partial charge in [-0.3, -0.25) is 9.78 Å². The van der Waals surface area contributed by atoms with Crippen molar-refractivity contribution in [2.24, 2.45) is 5.92 Å². The molecule has 2 aromatic carbocycles. The molecule has 1 saturated carbocycles. The summed E-state index contributed by atoms with van der Waals surface area (Å²) in [6.07, 6.45) is 4.03. The van der Waals surface area contributed by atoms with Gasteiger partial charge in [0.15, 0.2) is 0 Å². The van der Waals surface area contributed by atoms with Crippen molar-refractivity contribution in [3.63, 3.8) is 0 Å². The Hall–Kier alpha value is -3.08. The summed E-state index contributed by atoms with van der Waals surface area (Å²) >= 11 is 0. The molecule has 162 valence electrons. The summed E-state index contributed by atoms with van der Waals surface area (Å²) in [5.41, 5.74) is 2.58.